The van der Waals surface area contributed by atoms with E-state index < -0.39 is 0 Å². The monoisotopic (exact) mass is 136 g/mol. The van der Waals surface area contributed by atoms with E-state index in [9.17, 15) is 0 Å². The summed E-state index contributed by atoms with van der Waals surface area (Å²) in [4.78, 5) is 3.97. The van der Waals surface area contributed by atoms with Gasteiger partial charge in [-0.15, -0.1) is 0 Å². The first-order valence-electron chi connectivity index (χ1n) is 3.50. The Morgan fingerprint density at radius 3 is 3.00 bits per heavy atom. The highest BCUT2D eigenvalue weighted by Crippen LogP contribution is 2.10. The third-order valence-corrected chi connectivity index (χ3v) is 1.55. The number of nitrogens with zero attached hydrogens (tertiary/aromatic N) is 1. The Balaban J connectivity index is 2.75. The van der Waals surface area contributed by atoms with Gasteiger partial charge in [0, 0.05) is 18.4 Å². The molecule has 0 aliphatic carbocycles. The molecule has 1 rings (SSSR count). The van der Waals surface area contributed by atoms with E-state index in [2.05, 4.69) is 11.9 Å². The molecule has 1 atom stereocenters. The summed E-state index contributed by atoms with van der Waals surface area (Å²) in [6.07, 6.45) is 4.53. The maximum atomic E-state index is 5.75. The number of pyridine rings is 1. The van der Waals surface area contributed by atoms with Crippen molar-refractivity contribution in [2.75, 3.05) is 0 Å². The second-order valence-electron chi connectivity index (χ2n) is 2.30. The fourth-order valence-corrected chi connectivity index (χ4v) is 0.831. The maximum absolute atomic E-state index is 5.75. The zero-order chi connectivity index (χ0) is 7.40. The molecule has 0 amide bonds. The Hall–Kier alpha value is -0.890. The SMILES string of the molecule is CC[C@@H](N)c1cccnc1. The standard InChI is InChI=1S/C8H12N2/c1-2-8(9)7-4-3-5-10-6-7/h3-6,8H,2,9H2,1H3/t8-/m1/s1. The molecule has 2 nitrogen and oxygen atoms in total. The van der Waals surface area contributed by atoms with Crippen molar-refractivity contribution in [1.82, 2.24) is 4.98 Å². The van der Waals surface area contributed by atoms with Gasteiger partial charge in [0.05, 0.1) is 0 Å². The molecule has 0 spiro atoms. The Morgan fingerprint density at radius 2 is 2.50 bits per heavy atom. The van der Waals surface area contributed by atoms with Crippen LogP contribution < -0.4 is 5.73 Å². The number of hydrogen-bond donors (Lipinski definition) is 1. The largest absolute Gasteiger partial charge is 0.324 e. The van der Waals surface area contributed by atoms with Gasteiger partial charge in [-0.3, -0.25) is 4.98 Å². The third kappa shape index (κ3) is 1.54. The second-order valence-corrected chi connectivity index (χ2v) is 2.30. The predicted molar refractivity (Wildman–Crippen MR) is 41.5 cm³/mol. The van der Waals surface area contributed by atoms with E-state index in [0.29, 0.717) is 0 Å². The van der Waals surface area contributed by atoms with Gasteiger partial charge in [-0.25, -0.2) is 0 Å². The van der Waals surface area contributed by atoms with Crippen LogP contribution in [0.3, 0.4) is 0 Å². The molecule has 1 heterocycles. The summed E-state index contributed by atoms with van der Waals surface area (Å²) < 4.78 is 0. The van der Waals surface area contributed by atoms with Crippen LogP contribution in [0.25, 0.3) is 0 Å². The van der Waals surface area contributed by atoms with Gasteiger partial charge in [-0.05, 0) is 18.1 Å². The summed E-state index contributed by atoms with van der Waals surface area (Å²) in [5.41, 5.74) is 6.87. The number of nitrogens with two attached hydrogens (primary N) is 1. The topological polar surface area (TPSA) is 38.9 Å². The van der Waals surface area contributed by atoms with E-state index in [4.69, 9.17) is 5.73 Å². The van der Waals surface area contributed by atoms with Crippen LogP contribution in [0.1, 0.15) is 24.9 Å². The first-order valence-corrected chi connectivity index (χ1v) is 3.50. The van der Waals surface area contributed by atoms with Crippen LogP contribution in [0.2, 0.25) is 0 Å². The molecule has 0 aliphatic heterocycles. The number of hydrogen-bond acceptors (Lipinski definition) is 2. The van der Waals surface area contributed by atoms with Crippen molar-refractivity contribution in [2.45, 2.75) is 19.4 Å². The molecule has 10 heavy (non-hydrogen) atoms. The average Bonchev–Trinajstić information content (AvgIpc) is 2.05. The lowest BCUT2D eigenvalue weighted by atomic mass is 10.1. The van der Waals surface area contributed by atoms with Gasteiger partial charge in [-0.2, -0.15) is 0 Å². The highest BCUT2D eigenvalue weighted by Gasteiger charge is 1.99. The summed E-state index contributed by atoms with van der Waals surface area (Å²) in [7, 11) is 0. The van der Waals surface area contributed by atoms with Crippen LogP contribution >= 0.6 is 0 Å². The zero-order valence-electron chi connectivity index (χ0n) is 6.12. The van der Waals surface area contributed by atoms with E-state index in [-0.39, 0.29) is 6.04 Å². The molecule has 0 fully saturated rings. The Bertz CT molecular complexity index is 184. The second kappa shape index (κ2) is 3.32. The predicted octanol–water partition coefficient (Wildman–Crippen LogP) is 1.49. The molecule has 0 bridgehead atoms. The molecule has 2 N–H and O–H groups in total. The summed E-state index contributed by atoms with van der Waals surface area (Å²) >= 11 is 0. The van der Waals surface area contributed by atoms with Crippen molar-refractivity contribution < 1.29 is 0 Å². The Labute approximate surface area is 61.1 Å². The molecule has 54 valence electrons. The summed E-state index contributed by atoms with van der Waals surface area (Å²) in [5, 5.41) is 0. The smallest absolute Gasteiger partial charge is 0.0315 e. The third-order valence-electron chi connectivity index (χ3n) is 1.55. The highest BCUT2D eigenvalue weighted by atomic mass is 14.7. The van der Waals surface area contributed by atoms with Gasteiger partial charge in [0.15, 0.2) is 0 Å². The van der Waals surface area contributed by atoms with Gasteiger partial charge in [-0.1, -0.05) is 13.0 Å². The van der Waals surface area contributed by atoms with Crippen molar-refractivity contribution in [1.29, 1.82) is 0 Å². The first kappa shape index (κ1) is 7.22. The lowest BCUT2D eigenvalue weighted by Gasteiger charge is -2.06. The quantitative estimate of drug-likeness (QED) is 0.669. The van der Waals surface area contributed by atoms with Crippen molar-refractivity contribution >= 4 is 0 Å². The van der Waals surface area contributed by atoms with Crippen molar-refractivity contribution in [3.63, 3.8) is 0 Å². The molecule has 0 unspecified atom stereocenters. The summed E-state index contributed by atoms with van der Waals surface area (Å²) in [5.74, 6) is 0. The fourth-order valence-electron chi connectivity index (χ4n) is 0.831. The van der Waals surface area contributed by atoms with Crippen LogP contribution in [0.15, 0.2) is 24.5 Å². The lowest BCUT2D eigenvalue weighted by Crippen LogP contribution is -2.08. The van der Waals surface area contributed by atoms with E-state index in [1.54, 1.807) is 6.20 Å². The minimum Gasteiger partial charge on any atom is -0.324 e. The number of aromatic nitrogens is 1. The minimum atomic E-state index is 0.147. The Morgan fingerprint density at radius 1 is 1.70 bits per heavy atom. The maximum Gasteiger partial charge on any atom is 0.0315 e. The van der Waals surface area contributed by atoms with Gasteiger partial charge in [0.25, 0.3) is 0 Å². The van der Waals surface area contributed by atoms with Gasteiger partial charge < -0.3 is 5.73 Å². The normalized spacial score (nSPS) is 13.0. The summed E-state index contributed by atoms with van der Waals surface area (Å²) in [6, 6.07) is 4.06. The van der Waals surface area contributed by atoms with Gasteiger partial charge in [0.1, 0.15) is 0 Å². The van der Waals surface area contributed by atoms with Crippen molar-refractivity contribution in [3.05, 3.63) is 30.1 Å². The van der Waals surface area contributed by atoms with Crippen LogP contribution in [-0.4, -0.2) is 4.98 Å². The zero-order valence-corrected chi connectivity index (χ0v) is 6.12. The number of rotatable bonds is 2. The lowest BCUT2D eigenvalue weighted by molar-refractivity contribution is 0.695. The highest BCUT2D eigenvalue weighted by molar-refractivity contribution is 5.12. The van der Waals surface area contributed by atoms with Crippen LogP contribution in [-0.2, 0) is 0 Å². The molecule has 1 aromatic heterocycles. The molecule has 0 saturated carbocycles. The van der Waals surface area contributed by atoms with Crippen molar-refractivity contribution in [3.8, 4) is 0 Å². The van der Waals surface area contributed by atoms with E-state index in [0.717, 1.165) is 12.0 Å². The molecule has 1 aromatic rings. The molecule has 0 aliphatic rings. The van der Waals surface area contributed by atoms with Gasteiger partial charge in [0.2, 0.25) is 0 Å². The average molecular weight is 136 g/mol. The van der Waals surface area contributed by atoms with E-state index in [1.165, 1.54) is 0 Å². The van der Waals surface area contributed by atoms with Crippen LogP contribution in [0.5, 0.6) is 0 Å². The van der Waals surface area contributed by atoms with Crippen LogP contribution in [0.4, 0.5) is 0 Å². The molecular weight excluding hydrogens is 124 g/mol. The van der Waals surface area contributed by atoms with E-state index >= 15 is 0 Å². The fraction of sp³-hybridized carbons (Fsp3) is 0.375. The molecule has 0 radical (unpaired) electrons. The molecule has 0 saturated heterocycles. The van der Waals surface area contributed by atoms with Crippen molar-refractivity contribution in [2.24, 2.45) is 5.73 Å². The van der Waals surface area contributed by atoms with Gasteiger partial charge >= 0.3 is 0 Å². The molecular formula is C8H12N2. The van der Waals surface area contributed by atoms with E-state index in [1.807, 2.05) is 18.3 Å². The molecule has 0 aromatic carbocycles. The minimum absolute atomic E-state index is 0.147. The first-order chi connectivity index (χ1) is 4.84. The van der Waals surface area contributed by atoms with Crippen LogP contribution in [0, 0.1) is 0 Å². The Kier molecular flexibility index (Phi) is 2.40. The molecule has 2 heteroatoms. The summed E-state index contributed by atoms with van der Waals surface area (Å²) in [6.45, 7) is 2.07.